The van der Waals surface area contributed by atoms with E-state index in [1.54, 1.807) is 30.9 Å². The van der Waals surface area contributed by atoms with Gasteiger partial charge < -0.3 is 9.80 Å². The smallest absolute Gasteiger partial charge is 0.240 e. The van der Waals surface area contributed by atoms with Crippen molar-refractivity contribution in [2.75, 3.05) is 37.6 Å². The van der Waals surface area contributed by atoms with Crippen LogP contribution in [0.1, 0.15) is 17.5 Å². The van der Waals surface area contributed by atoms with Crippen LogP contribution in [-0.4, -0.2) is 51.9 Å². The first-order chi connectivity index (χ1) is 13.8. The molecule has 1 heterocycles. The first-order valence-corrected chi connectivity index (χ1v) is 11.5. The molecule has 156 valence electrons. The minimum absolute atomic E-state index is 0.0381. The normalized spacial score (nSPS) is 14.9. The van der Waals surface area contributed by atoms with E-state index in [4.69, 9.17) is 11.6 Å². The third-order valence-corrected chi connectivity index (χ3v) is 7.14. The Hall–Kier alpha value is -2.09. The van der Waals surface area contributed by atoms with E-state index in [-0.39, 0.29) is 23.8 Å². The minimum atomic E-state index is -3.68. The average Bonchev–Trinajstić information content (AvgIpc) is 2.72. The van der Waals surface area contributed by atoms with Crippen molar-refractivity contribution in [2.45, 2.75) is 25.2 Å². The van der Waals surface area contributed by atoms with Crippen LogP contribution in [0.4, 0.5) is 5.69 Å². The molecular formula is C21H26ClN3O3S. The molecule has 0 radical (unpaired) electrons. The number of hydrogen-bond donors (Lipinski definition) is 1. The number of carbonyl (C=O) groups excluding carboxylic acids is 1. The summed E-state index contributed by atoms with van der Waals surface area (Å²) in [4.78, 5) is 16.7. The first-order valence-electron chi connectivity index (χ1n) is 9.62. The van der Waals surface area contributed by atoms with Crippen LogP contribution in [-0.2, 0) is 14.8 Å². The van der Waals surface area contributed by atoms with Gasteiger partial charge in [0.25, 0.3) is 0 Å². The molecule has 1 aliphatic heterocycles. The number of nitrogens with zero attached hydrogens (tertiary/aromatic N) is 2. The zero-order valence-electron chi connectivity index (χ0n) is 16.7. The number of anilines is 1. The summed E-state index contributed by atoms with van der Waals surface area (Å²) in [5.74, 6) is -0.0381. The second-order valence-corrected chi connectivity index (χ2v) is 9.37. The molecule has 0 aliphatic carbocycles. The molecule has 3 rings (SSSR count). The maximum Gasteiger partial charge on any atom is 0.240 e. The van der Waals surface area contributed by atoms with Crippen molar-refractivity contribution in [1.29, 1.82) is 0 Å². The van der Waals surface area contributed by atoms with E-state index < -0.39 is 10.0 Å². The predicted molar refractivity (Wildman–Crippen MR) is 116 cm³/mol. The summed E-state index contributed by atoms with van der Waals surface area (Å²) in [6, 6.07) is 13.2. The molecular weight excluding hydrogens is 410 g/mol. The number of benzene rings is 2. The number of rotatable bonds is 6. The Balaban J connectivity index is 1.50. The lowest BCUT2D eigenvalue weighted by Gasteiger charge is -2.36. The molecule has 0 aromatic heterocycles. The highest BCUT2D eigenvalue weighted by molar-refractivity contribution is 7.89. The highest BCUT2D eigenvalue weighted by atomic mass is 35.5. The van der Waals surface area contributed by atoms with E-state index in [1.807, 2.05) is 18.2 Å². The number of hydrogen-bond acceptors (Lipinski definition) is 4. The minimum Gasteiger partial charge on any atom is -0.368 e. The van der Waals surface area contributed by atoms with E-state index >= 15 is 0 Å². The van der Waals surface area contributed by atoms with E-state index in [2.05, 4.69) is 21.8 Å². The van der Waals surface area contributed by atoms with E-state index in [1.165, 1.54) is 0 Å². The second kappa shape index (κ2) is 9.15. The predicted octanol–water partition coefficient (Wildman–Crippen LogP) is 2.97. The van der Waals surface area contributed by atoms with Gasteiger partial charge in [0.05, 0.1) is 4.90 Å². The molecule has 2 aromatic rings. The Kier molecular flexibility index (Phi) is 6.82. The number of carbonyl (C=O) groups is 1. The molecule has 1 aliphatic rings. The summed E-state index contributed by atoms with van der Waals surface area (Å²) in [6.07, 6.45) is 0.135. The Morgan fingerprint density at radius 1 is 1.03 bits per heavy atom. The quantitative estimate of drug-likeness (QED) is 0.757. The molecule has 29 heavy (non-hydrogen) atoms. The topological polar surface area (TPSA) is 69.7 Å². The zero-order valence-corrected chi connectivity index (χ0v) is 18.3. The van der Waals surface area contributed by atoms with Crippen LogP contribution in [0.25, 0.3) is 0 Å². The standard InChI is InChI=1S/C21H26ClN3O3S/c1-16-14-19(15-17(2)21(16)22)29(27,28)23-9-8-20(26)25-12-10-24(11-13-25)18-6-4-3-5-7-18/h3-7,14-15,23H,8-13H2,1-2H3. The monoisotopic (exact) mass is 435 g/mol. The van der Waals surface area contributed by atoms with Gasteiger partial charge in [-0.3, -0.25) is 4.79 Å². The Morgan fingerprint density at radius 2 is 1.62 bits per heavy atom. The van der Waals surface area contributed by atoms with E-state index in [0.29, 0.717) is 29.2 Å². The fraction of sp³-hybridized carbons (Fsp3) is 0.381. The summed E-state index contributed by atoms with van der Waals surface area (Å²) in [6.45, 7) is 6.42. The van der Waals surface area contributed by atoms with Crippen molar-refractivity contribution in [3.8, 4) is 0 Å². The van der Waals surface area contributed by atoms with Gasteiger partial charge in [-0.2, -0.15) is 0 Å². The van der Waals surface area contributed by atoms with Gasteiger partial charge in [0.2, 0.25) is 15.9 Å². The number of aryl methyl sites for hydroxylation is 2. The van der Waals surface area contributed by atoms with Crippen molar-refractivity contribution in [3.05, 3.63) is 58.6 Å². The van der Waals surface area contributed by atoms with Crippen molar-refractivity contribution in [3.63, 3.8) is 0 Å². The second-order valence-electron chi connectivity index (χ2n) is 7.22. The number of sulfonamides is 1. The summed E-state index contributed by atoms with van der Waals surface area (Å²) in [5.41, 5.74) is 2.57. The molecule has 0 atom stereocenters. The summed E-state index contributed by atoms with van der Waals surface area (Å²) in [5, 5.41) is 0.564. The Labute approximate surface area is 177 Å². The molecule has 0 saturated carbocycles. The molecule has 8 heteroatoms. The van der Waals surface area contributed by atoms with Crippen molar-refractivity contribution >= 4 is 33.2 Å². The van der Waals surface area contributed by atoms with Gasteiger partial charge in [0, 0.05) is 49.9 Å². The van der Waals surface area contributed by atoms with Gasteiger partial charge in [-0.1, -0.05) is 29.8 Å². The average molecular weight is 436 g/mol. The summed E-state index contributed by atoms with van der Waals surface area (Å²) in [7, 11) is -3.68. The molecule has 6 nitrogen and oxygen atoms in total. The van der Waals surface area contributed by atoms with Gasteiger partial charge in [-0.25, -0.2) is 13.1 Å². The molecule has 0 unspecified atom stereocenters. The number of piperazine rings is 1. The van der Waals surface area contributed by atoms with Crippen molar-refractivity contribution in [1.82, 2.24) is 9.62 Å². The fourth-order valence-electron chi connectivity index (χ4n) is 3.45. The van der Waals surface area contributed by atoms with Crippen LogP contribution in [0.5, 0.6) is 0 Å². The summed E-state index contributed by atoms with van der Waals surface area (Å²) < 4.78 is 27.6. The highest BCUT2D eigenvalue weighted by Gasteiger charge is 2.22. The molecule has 1 amide bonds. The Bertz CT molecular complexity index is 949. The summed E-state index contributed by atoms with van der Waals surface area (Å²) >= 11 is 6.11. The lowest BCUT2D eigenvalue weighted by atomic mass is 10.2. The van der Waals surface area contributed by atoms with Crippen LogP contribution in [0.2, 0.25) is 5.02 Å². The van der Waals surface area contributed by atoms with Crippen molar-refractivity contribution in [2.24, 2.45) is 0 Å². The number of halogens is 1. The van der Waals surface area contributed by atoms with Gasteiger partial charge in [0.1, 0.15) is 0 Å². The highest BCUT2D eigenvalue weighted by Crippen LogP contribution is 2.24. The molecule has 0 spiro atoms. The van der Waals surface area contributed by atoms with Crippen LogP contribution >= 0.6 is 11.6 Å². The molecule has 1 saturated heterocycles. The van der Waals surface area contributed by atoms with Crippen molar-refractivity contribution < 1.29 is 13.2 Å². The lowest BCUT2D eigenvalue weighted by molar-refractivity contribution is -0.131. The third-order valence-electron chi connectivity index (χ3n) is 5.10. The third kappa shape index (κ3) is 5.29. The van der Waals surface area contributed by atoms with Crippen LogP contribution in [0.15, 0.2) is 47.4 Å². The largest absolute Gasteiger partial charge is 0.368 e. The van der Waals surface area contributed by atoms with Gasteiger partial charge in [-0.05, 0) is 49.2 Å². The van der Waals surface area contributed by atoms with Gasteiger partial charge in [0.15, 0.2) is 0 Å². The SMILES string of the molecule is Cc1cc(S(=O)(=O)NCCC(=O)N2CCN(c3ccccc3)CC2)cc(C)c1Cl. The van der Waals surface area contributed by atoms with Crippen LogP contribution in [0.3, 0.4) is 0 Å². The van der Waals surface area contributed by atoms with E-state index in [9.17, 15) is 13.2 Å². The van der Waals surface area contributed by atoms with Crippen LogP contribution < -0.4 is 9.62 Å². The number of para-hydroxylation sites is 1. The number of nitrogens with one attached hydrogen (secondary N) is 1. The fourth-order valence-corrected chi connectivity index (χ4v) is 4.76. The zero-order chi connectivity index (χ0) is 21.0. The molecule has 2 aromatic carbocycles. The van der Waals surface area contributed by atoms with Gasteiger partial charge in [-0.15, -0.1) is 0 Å². The first kappa shape index (κ1) is 21.6. The maximum absolute atomic E-state index is 12.5. The Morgan fingerprint density at radius 3 is 2.21 bits per heavy atom. The maximum atomic E-state index is 12.5. The molecule has 0 bridgehead atoms. The van der Waals surface area contributed by atoms with Gasteiger partial charge >= 0.3 is 0 Å². The van der Waals surface area contributed by atoms with Crippen LogP contribution in [0, 0.1) is 13.8 Å². The van der Waals surface area contributed by atoms with E-state index in [0.717, 1.165) is 18.8 Å². The lowest BCUT2D eigenvalue weighted by Crippen LogP contribution is -2.49. The number of amides is 1. The molecule has 1 N–H and O–H groups in total. The molecule has 1 fully saturated rings.